The largest absolute Gasteiger partial charge is 0.450 e. The van der Waals surface area contributed by atoms with Gasteiger partial charge < -0.3 is 9.73 Å². The van der Waals surface area contributed by atoms with Crippen LogP contribution in [0.4, 0.5) is 10.5 Å². The summed E-state index contributed by atoms with van der Waals surface area (Å²) in [6.45, 7) is 1.60. The first-order valence-corrected chi connectivity index (χ1v) is 11.1. The van der Waals surface area contributed by atoms with Gasteiger partial charge in [-0.2, -0.15) is 0 Å². The fraction of sp³-hybridized carbons (Fsp3) is 0.0870. The van der Waals surface area contributed by atoms with E-state index >= 15 is 0 Å². The van der Waals surface area contributed by atoms with Crippen LogP contribution in [0, 0.1) is 6.92 Å². The van der Waals surface area contributed by atoms with Gasteiger partial charge in [-0.3, -0.25) is 19.3 Å². The number of thioether (sulfide) groups is 1. The molecule has 1 N–H and O–H groups in total. The molecule has 2 heterocycles. The van der Waals surface area contributed by atoms with Crippen molar-refractivity contribution in [2.45, 2.75) is 16.9 Å². The van der Waals surface area contributed by atoms with Crippen molar-refractivity contribution in [1.29, 1.82) is 0 Å². The number of rotatable bonds is 6. The van der Waals surface area contributed by atoms with E-state index in [1.807, 2.05) is 55.5 Å². The van der Waals surface area contributed by atoms with E-state index in [9.17, 15) is 14.4 Å². The van der Waals surface area contributed by atoms with E-state index in [0.717, 1.165) is 27.1 Å². The number of nitrogens with one attached hydrogen (secondary N) is 1. The molecule has 156 valence electrons. The number of benzene rings is 2. The van der Waals surface area contributed by atoms with Gasteiger partial charge in [-0.1, -0.05) is 47.7 Å². The predicted octanol–water partition coefficient (Wildman–Crippen LogP) is 5.41. The fourth-order valence-electron chi connectivity index (χ4n) is 2.82. The van der Waals surface area contributed by atoms with Crippen LogP contribution >= 0.6 is 23.5 Å². The highest BCUT2D eigenvalue weighted by Gasteiger charge is 2.36. The molecule has 4 rings (SSSR count). The zero-order chi connectivity index (χ0) is 21.8. The first kappa shape index (κ1) is 21.0. The summed E-state index contributed by atoms with van der Waals surface area (Å²) in [6.07, 6.45) is 1.53. The maximum atomic E-state index is 12.6. The maximum Gasteiger partial charge on any atom is 0.294 e. The highest BCUT2D eigenvalue weighted by Crippen LogP contribution is 2.34. The van der Waals surface area contributed by atoms with Gasteiger partial charge in [-0.15, -0.1) is 0 Å². The fourth-order valence-corrected chi connectivity index (χ4v) is 4.44. The number of imide groups is 1. The molecule has 1 aromatic heterocycles. The number of amides is 3. The molecule has 1 aliphatic heterocycles. The van der Waals surface area contributed by atoms with E-state index in [4.69, 9.17) is 4.42 Å². The Bertz CT molecular complexity index is 1150. The van der Waals surface area contributed by atoms with Crippen LogP contribution in [0.1, 0.15) is 11.3 Å². The summed E-state index contributed by atoms with van der Waals surface area (Å²) in [5, 5.41) is 2.88. The van der Waals surface area contributed by atoms with Crippen molar-refractivity contribution < 1.29 is 18.8 Å². The number of hydrogen-bond donors (Lipinski definition) is 1. The third kappa shape index (κ3) is 5.28. The van der Waals surface area contributed by atoms with Crippen LogP contribution < -0.4 is 5.32 Å². The summed E-state index contributed by atoms with van der Waals surface area (Å²) in [6, 6.07) is 20.6. The average Bonchev–Trinajstić information content (AvgIpc) is 3.30. The molecular formula is C23H18N2O4S2. The van der Waals surface area contributed by atoms with Crippen molar-refractivity contribution in [3.8, 4) is 0 Å². The van der Waals surface area contributed by atoms with E-state index in [0.29, 0.717) is 16.5 Å². The Morgan fingerprint density at radius 2 is 1.81 bits per heavy atom. The van der Waals surface area contributed by atoms with Crippen molar-refractivity contribution in [3.05, 3.63) is 83.0 Å². The molecule has 8 heteroatoms. The Morgan fingerprint density at radius 1 is 1.06 bits per heavy atom. The lowest BCUT2D eigenvalue weighted by Gasteiger charge is -2.12. The van der Waals surface area contributed by atoms with Gasteiger partial charge in [0, 0.05) is 16.7 Å². The van der Waals surface area contributed by atoms with Gasteiger partial charge in [0.05, 0.1) is 4.91 Å². The molecular weight excluding hydrogens is 432 g/mol. The van der Waals surface area contributed by atoms with Crippen molar-refractivity contribution in [3.63, 3.8) is 0 Å². The lowest BCUT2D eigenvalue weighted by Crippen LogP contribution is -2.36. The minimum Gasteiger partial charge on any atom is -0.450 e. The highest BCUT2D eigenvalue weighted by atomic mass is 32.2. The number of nitrogens with zero attached hydrogens (tertiary/aromatic N) is 1. The molecule has 0 atom stereocenters. The van der Waals surface area contributed by atoms with Crippen LogP contribution in [0.5, 0.6) is 0 Å². The molecule has 1 fully saturated rings. The number of carbonyl (C=O) groups excluding carboxylic acids is 3. The molecule has 0 aliphatic carbocycles. The minimum absolute atomic E-state index is 0.221. The Kier molecular flexibility index (Phi) is 6.29. The lowest BCUT2D eigenvalue weighted by atomic mass is 10.2. The van der Waals surface area contributed by atoms with Gasteiger partial charge in [-0.05, 0) is 55.1 Å². The standard InChI is InChI=1S/C23H18N2O4S2/c1-15-7-9-16(10-8-15)24-20(26)14-25-22(27)19(31-23(25)28)13-17-11-12-21(29-17)30-18-5-3-2-4-6-18/h2-13H,14H2,1H3,(H,24,26)/b19-13-. The quantitative estimate of drug-likeness (QED) is 0.506. The van der Waals surface area contributed by atoms with Gasteiger partial charge in [0.25, 0.3) is 11.1 Å². The molecule has 3 amide bonds. The molecule has 31 heavy (non-hydrogen) atoms. The Labute approximate surface area is 187 Å². The summed E-state index contributed by atoms with van der Waals surface area (Å²) in [4.78, 5) is 39.4. The Hall–Kier alpha value is -3.23. The van der Waals surface area contributed by atoms with Crippen LogP contribution in [-0.4, -0.2) is 28.5 Å². The van der Waals surface area contributed by atoms with Crippen LogP contribution in [0.15, 0.2) is 86.0 Å². The molecule has 0 unspecified atom stereocenters. The second-order valence-corrected chi connectivity index (χ2v) is 8.83. The topological polar surface area (TPSA) is 79.6 Å². The molecule has 0 radical (unpaired) electrons. The first-order chi connectivity index (χ1) is 15.0. The number of furan rings is 1. The van der Waals surface area contributed by atoms with E-state index in [1.165, 1.54) is 17.8 Å². The van der Waals surface area contributed by atoms with E-state index in [1.54, 1.807) is 18.2 Å². The molecule has 0 spiro atoms. The van der Waals surface area contributed by atoms with Crippen LogP contribution in [-0.2, 0) is 9.59 Å². The number of anilines is 1. The zero-order valence-electron chi connectivity index (χ0n) is 16.5. The summed E-state index contributed by atoms with van der Waals surface area (Å²) in [7, 11) is 0. The van der Waals surface area contributed by atoms with Crippen molar-refractivity contribution in [2.75, 3.05) is 11.9 Å². The number of aryl methyl sites for hydroxylation is 1. The Balaban J connectivity index is 1.40. The second-order valence-electron chi connectivity index (χ2n) is 6.75. The average molecular weight is 451 g/mol. The molecule has 1 aliphatic rings. The summed E-state index contributed by atoms with van der Waals surface area (Å²) >= 11 is 2.25. The van der Waals surface area contributed by atoms with Gasteiger partial charge in [0.2, 0.25) is 5.91 Å². The van der Waals surface area contributed by atoms with Gasteiger partial charge in [-0.25, -0.2) is 0 Å². The molecule has 3 aromatic rings. The molecule has 1 saturated heterocycles. The monoisotopic (exact) mass is 450 g/mol. The van der Waals surface area contributed by atoms with E-state index in [-0.39, 0.29) is 11.4 Å². The van der Waals surface area contributed by atoms with Gasteiger partial charge in [0.1, 0.15) is 12.3 Å². The molecule has 6 nitrogen and oxygen atoms in total. The second kappa shape index (κ2) is 9.28. The molecule has 2 aromatic carbocycles. The SMILES string of the molecule is Cc1ccc(NC(=O)CN2C(=O)S/C(=C\c3ccc(Sc4ccccc4)o3)C2=O)cc1. The molecule has 0 bridgehead atoms. The normalized spacial score (nSPS) is 15.0. The summed E-state index contributed by atoms with van der Waals surface area (Å²) in [5.74, 6) is -0.484. The van der Waals surface area contributed by atoms with E-state index < -0.39 is 17.1 Å². The Morgan fingerprint density at radius 3 is 2.55 bits per heavy atom. The zero-order valence-corrected chi connectivity index (χ0v) is 18.2. The van der Waals surface area contributed by atoms with Crippen molar-refractivity contribution >= 4 is 52.3 Å². The first-order valence-electron chi connectivity index (χ1n) is 9.42. The van der Waals surface area contributed by atoms with Gasteiger partial charge in [0.15, 0.2) is 5.09 Å². The summed E-state index contributed by atoms with van der Waals surface area (Å²) in [5.41, 5.74) is 1.68. The van der Waals surface area contributed by atoms with Crippen LogP contribution in [0.2, 0.25) is 0 Å². The summed E-state index contributed by atoms with van der Waals surface area (Å²) < 4.78 is 5.75. The maximum absolute atomic E-state index is 12.6. The predicted molar refractivity (Wildman–Crippen MR) is 122 cm³/mol. The van der Waals surface area contributed by atoms with Crippen LogP contribution in [0.25, 0.3) is 6.08 Å². The third-order valence-electron chi connectivity index (χ3n) is 4.35. The smallest absolute Gasteiger partial charge is 0.294 e. The van der Waals surface area contributed by atoms with Gasteiger partial charge >= 0.3 is 0 Å². The van der Waals surface area contributed by atoms with E-state index in [2.05, 4.69) is 5.32 Å². The molecule has 0 saturated carbocycles. The lowest BCUT2D eigenvalue weighted by molar-refractivity contribution is -0.127. The number of hydrogen-bond acceptors (Lipinski definition) is 6. The van der Waals surface area contributed by atoms with Crippen molar-refractivity contribution in [1.82, 2.24) is 4.90 Å². The number of carbonyl (C=O) groups is 3. The van der Waals surface area contributed by atoms with Crippen molar-refractivity contribution in [2.24, 2.45) is 0 Å². The minimum atomic E-state index is -0.511. The highest BCUT2D eigenvalue weighted by molar-refractivity contribution is 8.18. The van der Waals surface area contributed by atoms with Crippen LogP contribution in [0.3, 0.4) is 0 Å². The third-order valence-corrected chi connectivity index (χ3v) is 6.18.